The number of aryl methyl sites for hydroxylation is 2. The van der Waals surface area contributed by atoms with E-state index in [1.165, 1.54) is 25.3 Å². The zero-order chi connectivity index (χ0) is 17.7. The van der Waals surface area contributed by atoms with Crippen molar-refractivity contribution in [1.29, 1.82) is 0 Å². The number of hydrogen-bond acceptors (Lipinski definition) is 3. The maximum atomic E-state index is 12.5. The molecule has 2 rings (SSSR count). The van der Waals surface area contributed by atoms with Crippen molar-refractivity contribution in [1.82, 2.24) is 0 Å². The Balaban J connectivity index is 2.28. The first kappa shape index (κ1) is 17.7. The molecule has 0 spiro atoms. The van der Waals surface area contributed by atoms with Crippen LogP contribution >= 0.6 is 0 Å². The lowest BCUT2D eigenvalue weighted by molar-refractivity contribution is -0.0512. The van der Waals surface area contributed by atoms with Crippen LogP contribution in [-0.4, -0.2) is 19.6 Å². The molecule has 128 valence electrons. The summed E-state index contributed by atoms with van der Waals surface area (Å²) in [7, 11) is 1.33. The molecule has 0 unspecified atom stereocenters. The number of para-hydroxylation sites is 1. The van der Waals surface area contributed by atoms with Crippen molar-refractivity contribution < 1.29 is 23.0 Å². The molecule has 0 radical (unpaired) electrons. The summed E-state index contributed by atoms with van der Waals surface area (Å²) < 4.78 is 34.1. The maximum Gasteiger partial charge on any atom is 0.387 e. The van der Waals surface area contributed by atoms with Gasteiger partial charge in [-0.1, -0.05) is 25.1 Å². The summed E-state index contributed by atoms with van der Waals surface area (Å²) in [5, 5.41) is 2.87. The number of carbonyl (C=O) groups is 1. The highest BCUT2D eigenvalue weighted by atomic mass is 19.3. The van der Waals surface area contributed by atoms with Gasteiger partial charge < -0.3 is 14.8 Å². The standard InChI is InChI=1S/C18H19F2NO3/c1-4-12-7-5-6-11(2)16(12)21-17(22)13-8-9-14(24-18(19)20)15(10-13)23-3/h5-10,18H,4H2,1-3H3,(H,21,22). The molecule has 0 saturated carbocycles. The molecule has 0 atom stereocenters. The largest absolute Gasteiger partial charge is 0.493 e. The number of alkyl halides is 2. The molecule has 6 heteroatoms. The quantitative estimate of drug-likeness (QED) is 0.850. The number of carbonyl (C=O) groups excluding carboxylic acids is 1. The number of nitrogens with one attached hydrogen (secondary N) is 1. The second-order valence-corrected chi connectivity index (χ2v) is 5.16. The lowest BCUT2D eigenvalue weighted by Crippen LogP contribution is -2.14. The molecule has 0 saturated heterocycles. The van der Waals surface area contributed by atoms with Gasteiger partial charge in [0.15, 0.2) is 11.5 Å². The van der Waals surface area contributed by atoms with Gasteiger partial charge in [0, 0.05) is 11.3 Å². The van der Waals surface area contributed by atoms with E-state index in [1.54, 1.807) is 0 Å². The Morgan fingerprint density at radius 2 is 1.96 bits per heavy atom. The minimum atomic E-state index is -2.96. The van der Waals surface area contributed by atoms with Crippen LogP contribution in [0.15, 0.2) is 36.4 Å². The Labute approximate surface area is 139 Å². The second-order valence-electron chi connectivity index (χ2n) is 5.16. The average molecular weight is 335 g/mol. The monoisotopic (exact) mass is 335 g/mol. The van der Waals surface area contributed by atoms with Crippen molar-refractivity contribution in [2.45, 2.75) is 26.9 Å². The Kier molecular flexibility index (Phi) is 5.73. The second kappa shape index (κ2) is 7.77. The number of rotatable bonds is 6. The molecule has 0 aliphatic rings. The molecule has 1 N–H and O–H groups in total. The highest BCUT2D eigenvalue weighted by Gasteiger charge is 2.15. The van der Waals surface area contributed by atoms with E-state index >= 15 is 0 Å². The van der Waals surface area contributed by atoms with Gasteiger partial charge in [0.2, 0.25) is 0 Å². The average Bonchev–Trinajstić information content (AvgIpc) is 2.56. The van der Waals surface area contributed by atoms with E-state index in [-0.39, 0.29) is 17.4 Å². The molecule has 24 heavy (non-hydrogen) atoms. The molecule has 0 aromatic heterocycles. The van der Waals surface area contributed by atoms with Gasteiger partial charge in [-0.3, -0.25) is 4.79 Å². The Morgan fingerprint density at radius 1 is 1.21 bits per heavy atom. The molecule has 2 aromatic carbocycles. The highest BCUT2D eigenvalue weighted by molar-refractivity contribution is 6.05. The van der Waals surface area contributed by atoms with Crippen LogP contribution in [0.25, 0.3) is 0 Å². The third kappa shape index (κ3) is 4.01. The number of halogens is 2. The fourth-order valence-electron chi connectivity index (χ4n) is 2.39. The summed E-state index contributed by atoms with van der Waals surface area (Å²) in [5.41, 5.74) is 3.02. The Bertz CT molecular complexity index is 732. The van der Waals surface area contributed by atoms with Crippen molar-refractivity contribution >= 4 is 11.6 Å². The molecule has 4 nitrogen and oxygen atoms in total. The first-order valence-electron chi connectivity index (χ1n) is 7.49. The maximum absolute atomic E-state index is 12.5. The number of amides is 1. The van der Waals surface area contributed by atoms with Crippen LogP contribution < -0.4 is 14.8 Å². The normalized spacial score (nSPS) is 10.6. The summed E-state index contributed by atoms with van der Waals surface area (Å²) in [6.45, 7) is 0.955. The summed E-state index contributed by atoms with van der Waals surface area (Å²) in [6, 6.07) is 9.87. The third-order valence-electron chi connectivity index (χ3n) is 3.62. The van der Waals surface area contributed by atoms with Crippen molar-refractivity contribution in [2.24, 2.45) is 0 Å². The van der Waals surface area contributed by atoms with Gasteiger partial charge in [-0.2, -0.15) is 8.78 Å². The molecule has 1 amide bonds. The minimum Gasteiger partial charge on any atom is -0.493 e. The van der Waals surface area contributed by atoms with Gasteiger partial charge >= 0.3 is 6.61 Å². The van der Waals surface area contributed by atoms with E-state index in [0.29, 0.717) is 5.56 Å². The SMILES string of the molecule is CCc1cccc(C)c1NC(=O)c1ccc(OC(F)F)c(OC)c1. The summed E-state index contributed by atoms with van der Waals surface area (Å²) in [6.07, 6.45) is 0.780. The van der Waals surface area contributed by atoms with Crippen LogP contribution in [0.1, 0.15) is 28.4 Å². The van der Waals surface area contributed by atoms with Crippen LogP contribution in [0, 0.1) is 6.92 Å². The molecule has 2 aromatic rings. The predicted octanol–water partition coefficient (Wildman–Crippen LogP) is 4.42. The zero-order valence-electron chi connectivity index (χ0n) is 13.7. The Hall–Kier alpha value is -2.63. The lowest BCUT2D eigenvalue weighted by Gasteiger charge is -2.14. The van der Waals surface area contributed by atoms with E-state index in [4.69, 9.17) is 4.74 Å². The van der Waals surface area contributed by atoms with E-state index in [2.05, 4.69) is 10.1 Å². The lowest BCUT2D eigenvalue weighted by atomic mass is 10.1. The fraction of sp³-hybridized carbons (Fsp3) is 0.278. The van der Waals surface area contributed by atoms with E-state index in [0.717, 1.165) is 23.2 Å². The first-order chi connectivity index (χ1) is 11.5. The molecule has 0 fully saturated rings. The highest BCUT2D eigenvalue weighted by Crippen LogP contribution is 2.30. The number of benzene rings is 2. The zero-order valence-corrected chi connectivity index (χ0v) is 13.7. The minimum absolute atomic E-state index is 0.0726. The molecule has 0 heterocycles. The molecular weight excluding hydrogens is 316 g/mol. The van der Waals surface area contributed by atoms with Crippen LogP contribution in [0.2, 0.25) is 0 Å². The van der Waals surface area contributed by atoms with Gasteiger partial charge in [0.25, 0.3) is 5.91 Å². The van der Waals surface area contributed by atoms with Crippen molar-refractivity contribution in [2.75, 3.05) is 12.4 Å². The van der Waals surface area contributed by atoms with E-state index < -0.39 is 6.61 Å². The Morgan fingerprint density at radius 3 is 2.58 bits per heavy atom. The van der Waals surface area contributed by atoms with Crippen molar-refractivity contribution in [3.8, 4) is 11.5 Å². The number of hydrogen-bond donors (Lipinski definition) is 1. The number of ether oxygens (including phenoxy) is 2. The van der Waals surface area contributed by atoms with Gasteiger partial charge in [-0.05, 0) is 42.7 Å². The topological polar surface area (TPSA) is 47.6 Å². The molecule has 0 bridgehead atoms. The van der Waals surface area contributed by atoms with Crippen LogP contribution in [0.3, 0.4) is 0 Å². The number of anilines is 1. The van der Waals surface area contributed by atoms with Gasteiger partial charge in [-0.25, -0.2) is 0 Å². The van der Waals surface area contributed by atoms with Gasteiger partial charge in [-0.15, -0.1) is 0 Å². The predicted molar refractivity (Wildman–Crippen MR) is 88.1 cm³/mol. The summed E-state index contributed by atoms with van der Waals surface area (Å²) >= 11 is 0. The third-order valence-corrected chi connectivity index (χ3v) is 3.62. The summed E-state index contributed by atoms with van der Waals surface area (Å²) in [4.78, 5) is 12.5. The molecule has 0 aliphatic carbocycles. The van der Waals surface area contributed by atoms with Crippen molar-refractivity contribution in [3.63, 3.8) is 0 Å². The van der Waals surface area contributed by atoms with E-state index in [1.807, 2.05) is 32.0 Å². The van der Waals surface area contributed by atoms with Gasteiger partial charge in [0.1, 0.15) is 0 Å². The first-order valence-corrected chi connectivity index (χ1v) is 7.49. The van der Waals surface area contributed by atoms with Crippen LogP contribution in [0.4, 0.5) is 14.5 Å². The van der Waals surface area contributed by atoms with Crippen LogP contribution in [0.5, 0.6) is 11.5 Å². The molecule has 0 aliphatic heterocycles. The fourth-order valence-corrected chi connectivity index (χ4v) is 2.39. The molecular formula is C18H19F2NO3. The van der Waals surface area contributed by atoms with Crippen LogP contribution in [-0.2, 0) is 6.42 Å². The van der Waals surface area contributed by atoms with Crippen molar-refractivity contribution in [3.05, 3.63) is 53.1 Å². The van der Waals surface area contributed by atoms with E-state index in [9.17, 15) is 13.6 Å². The smallest absolute Gasteiger partial charge is 0.387 e. The number of methoxy groups -OCH3 is 1. The van der Waals surface area contributed by atoms with Gasteiger partial charge in [0.05, 0.1) is 7.11 Å². The summed E-state index contributed by atoms with van der Waals surface area (Å²) in [5.74, 6) is -0.390.